The van der Waals surface area contributed by atoms with E-state index in [2.05, 4.69) is 0 Å². The highest BCUT2D eigenvalue weighted by Gasteiger charge is 2.23. The number of hydrogen-bond donors (Lipinski definition) is 2. The molecule has 2 radical (unpaired) electrons. The number of carboxylic acid groups (broad SMARTS) is 2. The summed E-state index contributed by atoms with van der Waals surface area (Å²) in [5.41, 5.74) is 1.30. The molecule has 0 aliphatic carbocycles. The van der Waals surface area contributed by atoms with Crippen LogP contribution in [-0.2, 0) is 9.59 Å². The average molecular weight is 250 g/mol. The molecule has 0 heterocycles. The lowest BCUT2D eigenvalue weighted by Gasteiger charge is -2.12. The molecular weight excluding hydrogens is 236 g/mol. The topological polar surface area (TPSA) is 74.6 Å². The number of rotatable bonds is 5. The smallest absolute Gasteiger partial charge is 0.304 e. The molecule has 1 atom stereocenters. The van der Waals surface area contributed by atoms with Crippen LogP contribution in [0.2, 0.25) is 5.54 Å². The summed E-state index contributed by atoms with van der Waals surface area (Å²) in [6.45, 7) is 3.88. The van der Waals surface area contributed by atoms with Crippen molar-refractivity contribution in [1.29, 1.82) is 0 Å². The third-order valence-corrected chi connectivity index (χ3v) is 4.26. The fourth-order valence-corrected chi connectivity index (χ4v) is 2.85. The lowest BCUT2D eigenvalue weighted by Crippen LogP contribution is -2.29. The van der Waals surface area contributed by atoms with Crippen LogP contribution in [0.25, 0.3) is 0 Å². The summed E-state index contributed by atoms with van der Waals surface area (Å²) in [5, 5.41) is 18.6. The average Bonchev–Trinajstić information content (AvgIpc) is 2.22. The van der Waals surface area contributed by atoms with Gasteiger partial charge in [-0.15, -0.1) is 0 Å². The maximum atomic E-state index is 11.0. The Morgan fingerprint density at radius 3 is 2.47 bits per heavy atom. The van der Waals surface area contributed by atoms with Crippen LogP contribution in [0.5, 0.6) is 0 Å². The minimum absolute atomic E-state index is 0.0164. The van der Waals surface area contributed by atoms with Crippen molar-refractivity contribution in [1.82, 2.24) is 0 Å². The number of hydrogen-bond acceptors (Lipinski definition) is 2. The zero-order valence-electron chi connectivity index (χ0n) is 9.73. The van der Waals surface area contributed by atoms with Crippen molar-refractivity contribution in [2.24, 2.45) is 0 Å². The number of benzene rings is 1. The highest BCUT2D eigenvalue weighted by molar-refractivity contribution is 6.59. The molecule has 4 nitrogen and oxygen atoms in total. The van der Waals surface area contributed by atoms with Crippen molar-refractivity contribution in [3.63, 3.8) is 0 Å². The molecule has 1 aromatic carbocycles. The van der Waals surface area contributed by atoms with Gasteiger partial charge in [0.2, 0.25) is 0 Å². The van der Waals surface area contributed by atoms with E-state index in [4.69, 9.17) is 10.2 Å². The van der Waals surface area contributed by atoms with Gasteiger partial charge in [0, 0.05) is 0 Å². The zero-order valence-corrected chi connectivity index (χ0v) is 10.7. The number of aryl methyl sites for hydroxylation is 1. The summed E-state index contributed by atoms with van der Waals surface area (Å²) in [6, 6.07) is 5.68. The molecule has 0 spiro atoms. The SMILES string of the molecule is Cc1cccc([Si]C(CC(=O)O)C(=O)O)c1C. The summed E-state index contributed by atoms with van der Waals surface area (Å²) in [7, 11) is -0.0164. The number of carboxylic acids is 2. The summed E-state index contributed by atoms with van der Waals surface area (Å²) in [6.07, 6.45) is -0.332. The van der Waals surface area contributed by atoms with E-state index >= 15 is 0 Å². The van der Waals surface area contributed by atoms with E-state index in [1.165, 1.54) is 0 Å². The molecule has 0 bridgehead atoms. The molecule has 1 rings (SSSR count). The van der Waals surface area contributed by atoms with Crippen LogP contribution in [0.1, 0.15) is 17.5 Å². The Bertz CT molecular complexity index is 442. The molecule has 0 aromatic heterocycles. The van der Waals surface area contributed by atoms with Gasteiger partial charge in [-0.2, -0.15) is 0 Å². The van der Waals surface area contributed by atoms with Crippen molar-refractivity contribution in [2.75, 3.05) is 0 Å². The van der Waals surface area contributed by atoms with Gasteiger partial charge in [0.1, 0.15) is 0 Å². The van der Waals surface area contributed by atoms with Crippen molar-refractivity contribution in [3.8, 4) is 0 Å². The van der Waals surface area contributed by atoms with E-state index in [9.17, 15) is 9.59 Å². The Balaban J connectivity index is 2.90. The zero-order chi connectivity index (χ0) is 13.0. The van der Waals surface area contributed by atoms with Gasteiger partial charge in [-0.3, -0.25) is 9.59 Å². The minimum Gasteiger partial charge on any atom is -0.481 e. The predicted molar refractivity (Wildman–Crippen MR) is 64.9 cm³/mol. The summed E-state index contributed by atoms with van der Waals surface area (Å²) >= 11 is 0. The molecule has 0 saturated heterocycles. The first kappa shape index (κ1) is 13.4. The Kier molecular flexibility index (Phi) is 4.45. The van der Waals surface area contributed by atoms with Crippen molar-refractivity contribution >= 4 is 26.6 Å². The van der Waals surface area contributed by atoms with Gasteiger partial charge in [-0.25, -0.2) is 0 Å². The van der Waals surface area contributed by atoms with Gasteiger partial charge < -0.3 is 10.2 Å². The quantitative estimate of drug-likeness (QED) is 0.764. The molecule has 1 aromatic rings. The van der Waals surface area contributed by atoms with Crippen molar-refractivity contribution < 1.29 is 19.8 Å². The standard InChI is InChI=1S/C12H14O4Si/c1-7-4-3-5-9(8(7)2)17-10(12(15)16)6-11(13)14/h3-5,10H,6H2,1-2H3,(H,13,14)(H,15,16). The first-order valence-electron chi connectivity index (χ1n) is 5.19. The third-order valence-electron chi connectivity index (χ3n) is 2.61. The molecule has 5 heteroatoms. The summed E-state index contributed by atoms with van der Waals surface area (Å²) in [5.74, 6) is -2.12. The molecule has 0 amide bonds. The van der Waals surface area contributed by atoms with Crippen molar-refractivity contribution in [3.05, 3.63) is 29.3 Å². The molecule has 17 heavy (non-hydrogen) atoms. The van der Waals surface area contributed by atoms with Gasteiger partial charge in [-0.1, -0.05) is 23.4 Å². The second-order valence-electron chi connectivity index (χ2n) is 3.88. The van der Waals surface area contributed by atoms with Gasteiger partial charge in [0.05, 0.1) is 21.5 Å². The fourth-order valence-electron chi connectivity index (χ4n) is 1.47. The van der Waals surface area contributed by atoms with Crippen LogP contribution in [0.4, 0.5) is 0 Å². The molecule has 0 fully saturated rings. The molecule has 0 aliphatic heterocycles. The number of carbonyl (C=O) groups is 2. The molecule has 2 N–H and O–H groups in total. The molecular formula is C12H14O4Si. The molecule has 1 unspecified atom stereocenters. The van der Waals surface area contributed by atoms with Gasteiger partial charge >= 0.3 is 11.9 Å². The monoisotopic (exact) mass is 250 g/mol. The van der Waals surface area contributed by atoms with Crippen LogP contribution < -0.4 is 5.19 Å². The third kappa shape index (κ3) is 3.71. The van der Waals surface area contributed by atoms with E-state index in [1.54, 1.807) is 0 Å². The second-order valence-corrected chi connectivity index (χ2v) is 5.40. The fraction of sp³-hybridized carbons (Fsp3) is 0.333. The minimum atomic E-state index is -1.07. The van der Waals surface area contributed by atoms with Crippen LogP contribution in [0.15, 0.2) is 18.2 Å². The molecule has 0 aliphatic rings. The Morgan fingerprint density at radius 2 is 1.94 bits per heavy atom. The van der Waals surface area contributed by atoms with Crippen LogP contribution in [-0.4, -0.2) is 31.7 Å². The molecule has 90 valence electrons. The molecule has 0 saturated carbocycles. The van der Waals surface area contributed by atoms with Gasteiger partial charge in [0.15, 0.2) is 0 Å². The summed E-state index contributed by atoms with van der Waals surface area (Å²) < 4.78 is 0. The Labute approximate surface area is 102 Å². The Hall–Kier alpha value is -1.62. The Morgan fingerprint density at radius 1 is 1.29 bits per heavy atom. The van der Waals surface area contributed by atoms with E-state index < -0.39 is 17.5 Å². The first-order chi connectivity index (χ1) is 7.91. The van der Waals surface area contributed by atoms with Gasteiger partial charge in [-0.05, 0) is 25.0 Å². The largest absolute Gasteiger partial charge is 0.481 e. The second kappa shape index (κ2) is 5.63. The predicted octanol–water partition coefficient (Wildman–Crippen LogP) is 0.981. The van der Waals surface area contributed by atoms with Gasteiger partial charge in [0.25, 0.3) is 0 Å². The lowest BCUT2D eigenvalue weighted by atomic mass is 10.1. The van der Waals surface area contributed by atoms with E-state index in [-0.39, 0.29) is 15.9 Å². The number of aliphatic carboxylic acids is 2. The normalized spacial score (nSPS) is 12.1. The summed E-state index contributed by atoms with van der Waals surface area (Å²) in [4.78, 5) is 21.6. The van der Waals surface area contributed by atoms with E-state index in [0.717, 1.165) is 16.3 Å². The van der Waals surface area contributed by atoms with E-state index in [1.807, 2.05) is 32.0 Å². The van der Waals surface area contributed by atoms with Crippen molar-refractivity contribution in [2.45, 2.75) is 25.8 Å². The van der Waals surface area contributed by atoms with Crippen LogP contribution in [0.3, 0.4) is 0 Å². The van der Waals surface area contributed by atoms with E-state index in [0.29, 0.717) is 0 Å². The lowest BCUT2D eigenvalue weighted by molar-refractivity contribution is -0.143. The van der Waals surface area contributed by atoms with Crippen LogP contribution in [0, 0.1) is 13.8 Å². The maximum Gasteiger partial charge on any atom is 0.304 e. The first-order valence-corrected chi connectivity index (χ1v) is 6.27. The van der Waals surface area contributed by atoms with Crippen LogP contribution >= 0.6 is 0 Å². The maximum absolute atomic E-state index is 11.0. The highest BCUT2D eigenvalue weighted by atomic mass is 28.2. The highest BCUT2D eigenvalue weighted by Crippen LogP contribution is 2.11.